The molecule has 0 fully saturated rings. The van der Waals surface area contributed by atoms with E-state index in [1.54, 1.807) is 0 Å². The minimum atomic E-state index is -0.595. The molecular formula is C17H20ClN3OS. The van der Waals surface area contributed by atoms with Crippen molar-refractivity contribution >= 4 is 35.0 Å². The zero-order valence-electron chi connectivity index (χ0n) is 13.7. The predicted octanol–water partition coefficient (Wildman–Crippen LogP) is 4.45. The van der Waals surface area contributed by atoms with Crippen LogP contribution in [0.25, 0.3) is 0 Å². The second-order valence-corrected chi connectivity index (χ2v) is 7.34. The number of hydrogen-bond acceptors (Lipinski definition) is 4. The summed E-state index contributed by atoms with van der Waals surface area (Å²) in [7, 11) is 0. The number of amides is 1. The van der Waals surface area contributed by atoms with Crippen molar-refractivity contribution in [2.24, 2.45) is 5.41 Å². The Hall–Kier alpha value is -1.59. The summed E-state index contributed by atoms with van der Waals surface area (Å²) >= 11 is 7.31. The first-order valence-corrected chi connectivity index (χ1v) is 8.63. The second kappa shape index (κ2) is 7.32. The largest absolute Gasteiger partial charge is 0.326 e. The number of rotatable bonds is 5. The highest BCUT2D eigenvalue weighted by molar-refractivity contribution is 7.99. The van der Waals surface area contributed by atoms with Crippen molar-refractivity contribution < 1.29 is 4.79 Å². The van der Waals surface area contributed by atoms with Gasteiger partial charge >= 0.3 is 0 Å². The molecule has 0 radical (unpaired) electrons. The highest BCUT2D eigenvalue weighted by atomic mass is 35.5. The number of carbonyl (C=O) groups excluding carboxylic acids is 1. The van der Waals surface area contributed by atoms with Crippen LogP contribution in [0.5, 0.6) is 0 Å². The van der Waals surface area contributed by atoms with E-state index in [-0.39, 0.29) is 11.8 Å². The second-order valence-electron chi connectivity index (χ2n) is 6.03. The third kappa shape index (κ3) is 4.94. The van der Waals surface area contributed by atoms with Gasteiger partial charge in [-0.15, -0.1) is 11.6 Å². The number of halogens is 1. The SMILES string of the molecule is Cc1cc(C)nc(Sc2ccc(NC(=O)C(C)(C)CCl)cc2)n1. The van der Waals surface area contributed by atoms with Gasteiger partial charge in [0.2, 0.25) is 5.91 Å². The number of nitrogens with one attached hydrogen (secondary N) is 1. The van der Waals surface area contributed by atoms with Gasteiger partial charge in [-0.05, 0) is 69.8 Å². The lowest BCUT2D eigenvalue weighted by Crippen LogP contribution is -2.32. The number of carbonyl (C=O) groups is 1. The lowest BCUT2D eigenvalue weighted by atomic mass is 9.95. The number of nitrogens with zero attached hydrogens (tertiary/aromatic N) is 2. The van der Waals surface area contributed by atoms with E-state index >= 15 is 0 Å². The maximum Gasteiger partial charge on any atom is 0.231 e. The van der Waals surface area contributed by atoms with Gasteiger partial charge in [0.25, 0.3) is 0 Å². The fourth-order valence-corrected chi connectivity index (χ4v) is 2.80. The van der Waals surface area contributed by atoms with Crippen LogP contribution in [0.3, 0.4) is 0 Å². The molecule has 2 rings (SSSR count). The molecule has 0 unspecified atom stereocenters. The van der Waals surface area contributed by atoms with Crippen molar-refractivity contribution in [1.29, 1.82) is 0 Å². The first kappa shape index (κ1) is 17.8. The van der Waals surface area contributed by atoms with Crippen LogP contribution in [0.15, 0.2) is 40.4 Å². The van der Waals surface area contributed by atoms with E-state index in [4.69, 9.17) is 11.6 Å². The Bertz CT molecular complexity index is 681. The van der Waals surface area contributed by atoms with E-state index in [9.17, 15) is 4.79 Å². The summed E-state index contributed by atoms with van der Waals surface area (Å²) in [5.41, 5.74) is 2.06. The van der Waals surface area contributed by atoms with Gasteiger partial charge in [0.1, 0.15) is 0 Å². The molecule has 0 aliphatic heterocycles. The van der Waals surface area contributed by atoms with Crippen LogP contribution in [0, 0.1) is 19.3 Å². The number of aromatic nitrogens is 2. The van der Waals surface area contributed by atoms with E-state index in [1.165, 1.54) is 11.8 Å². The van der Waals surface area contributed by atoms with Crippen LogP contribution < -0.4 is 5.32 Å². The van der Waals surface area contributed by atoms with Crippen molar-refractivity contribution in [2.45, 2.75) is 37.7 Å². The van der Waals surface area contributed by atoms with Gasteiger partial charge in [-0.25, -0.2) is 9.97 Å². The Morgan fingerprint density at radius 2 is 1.74 bits per heavy atom. The van der Waals surface area contributed by atoms with Crippen LogP contribution in [0.4, 0.5) is 5.69 Å². The van der Waals surface area contributed by atoms with Crippen molar-refractivity contribution in [2.75, 3.05) is 11.2 Å². The summed E-state index contributed by atoms with van der Waals surface area (Å²) in [6, 6.07) is 9.56. The molecule has 1 aromatic carbocycles. The lowest BCUT2D eigenvalue weighted by Gasteiger charge is -2.20. The Balaban J connectivity index is 2.06. The molecular weight excluding hydrogens is 330 g/mol. The zero-order chi connectivity index (χ0) is 17.0. The molecule has 0 saturated heterocycles. The molecule has 6 heteroatoms. The van der Waals surface area contributed by atoms with Crippen LogP contribution in [-0.2, 0) is 4.79 Å². The Morgan fingerprint density at radius 1 is 1.17 bits per heavy atom. The molecule has 23 heavy (non-hydrogen) atoms. The maximum atomic E-state index is 12.1. The van der Waals surface area contributed by atoms with Gasteiger partial charge in [0.15, 0.2) is 5.16 Å². The van der Waals surface area contributed by atoms with Crippen LogP contribution >= 0.6 is 23.4 Å². The van der Waals surface area contributed by atoms with Crippen LogP contribution in [-0.4, -0.2) is 21.8 Å². The van der Waals surface area contributed by atoms with Crippen molar-refractivity contribution in [1.82, 2.24) is 9.97 Å². The van der Waals surface area contributed by atoms with Crippen molar-refractivity contribution in [3.8, 4) is 0 Å². The van der Waals surface area contributed by atoms with Gasteiger partial charge in [0, 0.05) is 27.9 Å². The van der Waals surface area contributed by atoms with Gasteiger partial charge in [-0.2, -0.15) is 0 Å². The van der Waals surface area contributed by atoms with Gasteiger partial charge in [-0.3, -0.25) is 4.79 Å². The average Bonchev–Trinajstić information content (AvgIpc) is 2.48. The van der Waals surface area contributed by atoms with Gasteiger partial charge < -0.3 is 5.32 Å². The Labute approximate surface area is 146 Å². The average molecular weight is 350 g/mol. The number of hydrogen-bond donors (Lipinski definition) is 1. The highest BCUT2D eigenvalue weighted by Crippen LogP contribution is 2.27. The highest BCUT2D eigenvalue weighted by Gasteiger charge is 2.26. The minimum absolute atomic E-state index is 0.0921. The normalized spacial score (nSPS) is 11.3. The summed E-state index contributed by atoms with van der Waals surface area (Å²) in [5, 5.41) is 3.60. The summed E-state index contributed by atoms with van der Waals surface area (Å²) in [6.07, 6.45) is 0. The van der Waals surface area contributed by atoms with Crippen molar-refractivity contribution in [3.63, 3.8) is 0 Å². The number of benzene rings is 1. The third-order valence-electron chi connectivity index (χ3n) is 3.23. The first-order chi connectivity index (χ1) is 10.8. The molecule has 1 heterocycles. The molecule has 1 amide bonds. The summed E-state index contributed by atoms with van der Waals surface area (Å²) in [6.45, 7) is 7.54. The maximum absolute atomic E-state index is 12.1. The van der Waals surface area contributed by atoms with E-state index in [2.05, 4.69) is 15.3 Å². The summed E-state index contributed by atoms with van der Waals surface area (Å²) < 4.78 is 0. The van der Waals surface area contributed by atoms with Crippen LogP contribution in [0.1, 0.15) is 25.2 Å². The molecule has 1 N–H and O–H groups in total. The smallest absolute Gasteiger partial charge is 0.231 e. The van der Waals surface area contributed by atoms with E-state index < -0.39 is 5.41 Å². The quantitative estimate of drug-likeness (QED) is 0.640. The Kier molecular flexibility index (Phi) is 5.65. The van der Waals surface area contributed by atoms with Crippen LogP contribution in [0.2, 0.25) is 0 Å². The molecule has 0 bridgehead atoms. The molecule has 4 nitrogen and oxygen atoms in total. The van der Waals surface area contributed by atoms with E-state index in [0.29, 0.717) is 0 Å². The predicted molar refractivity (Wildman–Crippen MR) is 95.2 cm³/mol. The van der Waals surface area contributed by atoms with E-state index in [1.807, 2.05) is 58.0 Å². The first-order valence-electron chi connectivity index (χ1n) is 7.28. The molecule has 0 saturated carbocycles. The molecule has 2 aromatic rings. The lowest BCUT2D eigenvalue weighted by molar-refractivity contribution is -0.122. The molecule has 0 aliphatic rings. The summed E-state index contributed by atoms with van der Waals surface area (Å²) in [5.74, 6) is 0.183. The number of alkyl halides is 1. The van der Waals surface area contributed by atoms with Gasteiger partial charge in [0.05, 0.1) is 5.41 Å². The standard InChI is InChI=1S/C17H20ClN3OS/c1-11-9-12(2)20-16(19-11)23-14-7-5-13(6-8-14)21-15(22)17(3,4)10-18/h5-9H,10H2,1-4H3,(H,21,22). The molecule has 0 aliphatic carbocycles. The fourth-order valence-electron chi connectivity index (χ4n) is 1.81. The van der Waals surface area contributed by atoms with E-state index in [0.717, 1.165) is 27.1 Å². The molecule has 0 atom stereocenters. The van der Waals surface area contributed by atoms with Gasteiger partial charge in [-0.1, -0.05) is 0 Å². The topological polar surface area (TPSA) is 54.9 Å². The Morgan fingerprint density at radius 3 is 2.26 bits per heavy atom. The monoisotopic (exact) mass is 349 g/mol. The molecule has 1 aromatic heterocycles. The summed E-state index contributed by atoms with van der Waals surface area (Å²) in [4.78, 5) is 21.9. The zero-order valence-corrected chi connectivity index (χ0v) is 15.3. The van der Waals surface area contributed by atoms with Crippen molar-refractivity contribution in [3.05, 3.63) is 41.7 Å². The fraction of sp³-hybridized carbons (Fsp3) is 0.353. The third-order valence-corrected chi connectivity index (χ3v) is 4.77. The number of anilines is 1. The number of aryl methyl sites for hydroxylation is 2. The minimum Gasteiger partial charge on any atom is -0.326 e. The molecule has 122 valence electrons. The molecule has 0 spiro atoms.